The van der Waals surface area contributed by atoms with E-state index in [1.807, 2.05) is 55.7 Å². The molecule has 0 aliphatic rings. The maximum Gasteiger partial charge on any atom is 0.152 e. The molecule has 0 saturated carbocycles. The number of rotatable bonds is 6. The van der Waals surface area contributed by atoms with Gasteiger partial charge in [-0.1, -0.05) is 24.3 Å². The third-order valence-electron chi connectivity index (χ3n) is 4.07. The Bertz CT molecular complexity index is 913. The highest BCUT2D eigenvalue weighted by Gasteiger charge is 2.13. The van der Waals surface area contributed by atoms with E-state index >= 15 is 0 Å². The fourth-order valence-electron chi connectivity index (χ4n) is 2.82. The molecule has 2 N–H and O–H groups in total. The first-order chi connectivity index (χ1) is 12.3. The van der Waals surface area contributed by atoms with Gasteiger partial charge in [-0.05, 0) is 30.8 Å². The van der Waals surface area contributed by atoms with E-state index in [0.29, 0.717) is 5.56 Å². The lowest BCUT2D eigenvalue weighted by atomic mass is 10.0. The number of nitrogens with one attached hydrogen (secondary N) is 2. The first-order valence-electron chi connectivity index (χ1n) is 8.13. The van der Waals surface area contributed by atoms with Crippen molar-refractivity contribution in [2.24, 2.45) is 0 Å². The van der Waals surface area contributed by atoms with Gasteiger partial charge in [0.2, 0.25) is 0 Å². The van der Waals surface area contributed by atoms with Crippen LogP contribution in [-0.4, -0.2) is 32.2 Å². The van der Waals surface area contributed by atoms with Crippen molar-refractivity contribution < 1.29 is 4.74 Å². The third kappa shape index (κ3) is 3.39. The average Bonchev–Trinajstić information content (AvgIpc) is 2.67. The van der Waals surface area contributed by atoms with Gasteiger partial charge in [-0.25, -0.2) is 0 Å². The minimum Gasteiger partial charge on any atom is -0.494 e. The molecule has 126 valence electrons. The van der Waals surface area contributed by atoms with E-state index in [2.05, 4.69) is 21.7 Å². The van der Waals surface area contributed by atoms with Crippen LogP contribution < -0.4 is 15.4 Å². The van der Waals surface area contributed by atoms with Crippen LogP contribution in [0.25, 0.3) is 22.0 Å². The molecule has 25 heavy (non-hydrogen) atoms. The standard InChI is InChI=1S/C20H20N4O/c1-22-10-11-23-18-13-24-19-16(4-3-5-17(19)20(18)25-2)15-8-6-14(12-21)7-9-15/h3-9,13,22-23H,10-11H2,1-2H3. The highest BCUT2D eigenvalue weighted by atomic mass is 16.5. The number of hydrogen-bond donors (Lipinski definition) is 2. The fraction of sp³-hybridized carbons (Fsp3) is 0.200. The number of benzene rings is 2. The summed E-state index contributed by atoms with van der Waals surface area (Å²) in [5.74, 6) is 0.789. The second kappa shape index (κ2) is 7.65. The van der Waals surface area contributed by atoms with Gasteiger partial charge in [-0.2, -0.15) is 5.26 Å². The lowest BCUT2D eigenvalue weighted by Gasteiger charge is -2.15. The monoisotopic (exact) mass is 332 g/mol. The molecular weight excluding hydrogens is 312 g/mol. The number of likely N-dealkylation sites (N-methyl/N-ethyl adjacent to an activating group) is 1. The molecule has 1 aromatic heterocycles. The third-order valence-corrected chi connectivity index (χ3v) is 4.07. The lowest BCUT2D eigenvalue weighted by molar-refractivity contribution is 0.421. The molecule has 0 aliphatic carbocycles. The summed E-state index contributed by atoms with van der Waals surface area (Å²) in [5, 5.41) is 16.4. The van der Waals surface area contributed by atoms with Crippen LogP contribution in [0.15, 0.2) is 48.7 Å². The van der Waals surface area contributed by atoms with Gasteiger partial charge in [0.15, 0.2) is 5.75 Å². The summed E-state index contributed by atoms with van der Waals surface area (Å²) in [6.07, 6.45) is 1.81. The van der Waals surface area contributed by atoms with Gasteiger partial charge in [0.05, 0.1) is 36.1 Å². The first kappa shape index (κ1) is 16.7. The van der Waals surface area contributed by atoms with E-state index in [1.165, 1.54) is 0 Å². The zero-order chi connectivity index (χ0) is 17.6. The minimum atomic E-state index is 0.644. The summed E-state index contributed by atoms with van der Waals surface area (Å²) in [6, 6.07) is 15.7. The summed E-state index contributed by atoms with van der Waals surface area (Å²) >= 11 is 0. The van der Waals surface area contributed by atoms with Crippen LogP contribution in [0.2, 0.25) is 0 Å². The predicted octanol–water partition coefficient (Wildman–Crippen LogP) is 3.41. The second-order valence-electron chi connectivity index (χ2n) is 5.63. The number of nitriles is 1. The Labute approximate surface area is 147 Å². The molecule has 0 fully saturated rings. The van der Waals surface area contributed by atoms with Crippen molar-refractivity contribution in [1.82, 2.24) is 10.3 Å². The molecule has 0 spiro atoms. The molecule has 3 aromatic rings. The van der Waals surface area contributed by atoms with Gasteiger partial charge >= 0.3 is 0 Å². The minimum absolute atomic E-state index is 0.644. The molecule has 3 rings (SSSR count). The summed E-state index contributed by atoms with van der Waals surface area (Å²) in [6.45, 7) is 1.64. The topological polar surface area (TPSA) is 70.0 Å². The number of aromatic nitrogens is 1. The predicted molar refractivity (Wildman–Crippen MR) is 101 cm³/mol. The average molecular weight is 332 g/mol. The number of nitrogens with zero attached hydrogens (tertiary/aromatic N) is 2. The van der Waals surface area contributed by atoms with Gasteiger partial charge in [0, 0.05) is 24.0 Å². The van der Waals surface area contributed by atoms with Crippen LogP contribution in [0.4, 0.5) is 5.69 Å². The SMILES string of the molecule is CNCCNc1cnc2c(-c3ccc(C#N)cc3)cccc2c1OC. The van der Waals surface area contributed by atoms with Crippen LogP contribution in [0.5, 0.6) is 5.75 Å². The van der Waals surface area contributed by atoms with Gasteiger partial charge in [-0.15, -0.1) is 0 Å². The van der Waals surface area contributed by atoms with E-state index in [9.17, 15) is 0 Å². The maximum atomic E-state index is 8.97. The molecule has 5 nitrogen and oxygen atoms in total. The molecule has 0 bridgehead atoms. The zero-order valence-electron chi connectivity index (χ0n) is 14.3. The Morgan fingerprint density at radius 3 is 2.60 bits per heavy atom. The lowest BCUT2D eigenvalue weighted by Crippen LogP contribution is -2.18. The molecule has 0 unspecified atom stereocenters. The number of pyridine rings is 1. The number of ether oxygens (including phenoxy) is 1. The van der Waals surface area contributed by atoms with Crippen molar-refractivity contribution in [3.8, 4) is 22.9 Å². The summed E-state index contributed by atoms with van der Waals surface area (Å²) in [5.41, 5.74) is 4.44. The molecule has 0 amide bonds. The Hall–Kier alpha value is -3.10. The summed E-state index contributed by atoms with van der Waals surface area (Å²) in [7, 11) is 3.59. The smallest absolute Gasteiger partial charge is 0.152 e. The largest absolute Gasteiger partial charge is 0.494 e. The highest BCUT2D eigenvalue weighted by molar-refractivity contribution is 5.99. The van der Waals surface area contributed by atoms with E-state index in [4.69, 9.17) is 10.00 Å². The number of hydrogen-bond acceptors (Lipinski definition) is 5. The molecule has 0 saturated heterocycles. The fourth-order valence-corrected chi connectivity index (χ4v) is 2.82. The second-order valence-corrected chi connectivity index (χ2v) is 5.63. The van der Waals surface area contributed by atoms with E-state index < -0.39 is 0 Å². The van der Waals surface area contributed by atoms with Gasteiger partial charge in [-0.3, -0.25) is 4.98 Å². The van der Waals surface area contributed by atoms with Crippen molar-refractivity contribution in [3.63, 3.8) is 0 Å². The van der Waals surface area contributed by atoms with E-state index in [1.54, 1.807) is 7.11 Å². The van der Waals surface area contributed by atoms with Crippen molar-refractivity contribution in [1.29, 1.82) is 5.26 Å². The Kier molecular flexibility index (Phi) is 5.12. The van der Waals surface area contributed by atoms with E-state index in [0.717, 1.165) is 46.6 Å². The molecule has 0 radical (unpaired) electrons. The van der Waals surface area contributed by atoms with Crippen LogP contribution in [-0.2, 0) is 0 Å². The number of para-hydroxylation sites is 1. The van der Waals surface area contributed by atoms with Crippen LogP contribution in [0, 0.1) is 11.3 Å². The van der Waals surface area contributed by atoms with Gasteiger partial charge in [0.1, 0.15) is 0 Å². The Morgan fingerprint density at radius 1 is 1.12 bits per heavy atom. The highest BCUT2D eigenvalue weighted by Crippen LogP contribution is 2.36. The van der Waals surface area contributed by atoms with Gasteiger partial charge in [0.25, 0.3) is 0 Å². The summed E-state index contributed by atoms with van der Waals surface area (Å²) < 4.78 is 5.65. The maximum absolute atomic E-state index is 8.97. The number of methoxy groups -OCH3 is 1. The van der Waals surface area contributed by atoms with Crippen molar-refractivity contribution in [3.05, 3.63) is 54.2 Å². The van der Waals surface area contributed by atoms with Gasteiger partial charge < -0.3 is 15.4 Å². The van der Waals surface area contributed by atoms with Crippen molar-refractivity contribution in [2.45, 2.75) is 0 Å². The van der Waals surface area contributed by atoms with E-state index in [-0.39, 0.29) is 0 Å². The zero-order valence-corrected chi connectivity index (χ0v) is 14.3. The first-order valence-corrected chi connectivity index (χ1v) is 8.13. The van der Waals surface area contributed by atoms with Crippen molar-refractivity contribution >= 4 is 16.6 Å². The normalized spacial score (nSPS) is 10.4. The van der Waals surface area contributed by atoms with Crippen LogP contribution in [0.3, 0.4) is 0 Å². The molecular formula is C20H20N4O. The Morgan fingerprint density at radius 2 is 1.92 bits per heavy atom. The molecule has 0 atom stereocenters. The van der Waals surface area contributed by atoms with Crippen LogP contribution >= 0.6 is 0 Å². The number of anilines is 1. The summed E-state index contributed by atoms with van der Waals surface area (Å²) in [4.78, 5) is 4.66. The molecule has 2 aromatic carbocycles. The quantitative estimate of drug-likeness (QED) is 0.677. The van der Waals surface area contributed by atoms with Crippen molar-refractivity contribution in [2.75, 3.05) is 32.6 Å². The van der Waals surface area contributed by atoms with Crippen LogP contribution in [0.1, 0.15) is 5.56 Å². The number of fused-ring (bicyclic) bond motifs is 1. The molecule has 0 aliphatic heterocycles. The molecule has 5 heteroatoms. The Balaban J connectivity index is 2.08. The molecule has 1 heterocycles.